The molecule has 0 unspecified atom stereocenters. The van der Waals surface area contributed by atoms with Gasteiger partial charge in [0.2, 0.25) is 5.91 Å². The molecule has 0 aliphatic carbocycles. The molecule has 1 atom stereocenters. The van der Waals surface area contributed by atoms with Gasteiger partial charge < -0.3 is 46.2 Å². The number of piperidine rings is 3. The Bertz CT molecular complexity index is 1670. The van der Waals surface area contributed by atoms with E-state index in [2.05, 4.69) is 53.5 Å². The second-order valence-electron chi connectivity index (χ2n) is 14.1. The van der Waals surface area contributed by atoms with E-state index in [9.17, 15) is 24.0 Å². The Kier molecular flexibility index (Phi) is 14.8. The Hall–Kier alpha value is -4.15. The zero-order chi connectivity index (χ0) is 38.8. The maximum Gasteiger partial charge on any atom is 0.328 e. The number of para-hydroxylation sites is 1. The summed E-state index contributed by atoms with van der Waals surface area (Å²) in [6.45, 7) is 5.42. The van der Waals surface area contributed by atoms with Crippen molar-refractivity contribution in [2.75, 3.05) is 56.9 Å². The van der Waals surface area contributed by atoms with Crippen molar-refractivity contribution >= 4 is 73.1 Å². The number of nitrogens with zero attached hydrogens (tertiary/aromatic N) is 4. The minimum absolute atomic E-state index is 0.0368. The first kappa shape index (κ1) is 41.0. The summed E-state index contributed by atoms with van der Waals surface area (Å²) in [4.78, 5) is 68.2. The van der Waals surface area contributed by atoms with Gasteiger partial charge in [-0.15, -0.1) is 0 Å². The predicted octanol–water partition coefficient (Wildman–Crippen LogP) is 5.16. The lowest BCUT2D eigenvalue weighted by atomic mass is 9.98. The Morgan fingerprint density at radius 2 is 1.41 bits per heavy atom. The molecule has 0 saturated carbocycles. The van der Waals surface area contributed by atoms with E-state index in [-0.39, 0.29) is 24.0 Å². The summed E-state index contributed by atoms with van der Waals surface area (Å²) in [5, 5.41) is 21.8. The highest BCUT2D eigenvalue weighted by Gasteiger charge is 2.35. The Morgan fingerprint density at radius 3 is 2.02 bits per heavy atom. The molecule has 3 fully saturated rings. The third-order valence-corrected chi connectivity index (χ3v) is 11.9. The third kappa shape index (κ3) is 11.2. The number of nitrogens with two attached hydrogens (primary N) is 1. The summed E-state index contributed by atoms with van der Waals surface area (Å²) in [6.07, 6.45) is 9.42. The lowest BCUT2D eigenvalue weighted by Gasteiger charge is -2.41. The predicted molar refractivity (Wildman–Crippen MR) is 212 cm³/mol. The van der Waals surface area contributed by atoms with E-state index in [4.69, 9.17) is 15.9 Å². The van der Waals surface area contributed by atoms with Crippen LogP contribution < -0.4 is 16.4 Å². The lowest BCUT2D eigenvalue weighted by Crippen LogP contribution is -2.57. The number of carboxylic acid groups (broad SMARTS) is 2. The molecule has 6 N–H and O–H groups in total. The van der Waals surface area contributed by atoms with Crippen molar-refractivity contribution in [3.8, 4) is 0 Å². The minimum atomic E-state index is -1.26. The number of carbonyl (C=O) groups excluding carboxylic acids is 3. The largest absolute Gasteiger partial charge is 0.478 e. The number of hydrogen-bond acceptors (Lipinski definition) is 7. The fourth-order valence-electron chi connectivity index (χ4n) is 7.65. The molecule has 54 heavy (non-hydrogen) atoms. The number of nitrogens with one attached hydrogen (secondary N) is 2. The summed E-state index contributed by atoms with van der Waals surface area (Å²) >= 11 is 7.06. The van der Waals surface area contributed by atoms with Crippen molar-refractivity contribution in [2.45, 2.75) is 75.9 Å². The van der Waals surface area contributed by atoms with Crippen LogP contribution in [0.15, 0.2) is 57.5 Å². The molecule has 4 aliphatic rings. The number of hydrogen-bond donors (Lipinski definition) is 5. The number of fused-ring (bicyclic) bond motifs is 1. The molecule has 14 nitrogen and oxygen atoms in total. The first-order chi connectivity index (χ1) is 25.9. The number of carboxylic acids is 2. The molecular weight excluding hydrogens is 826 g/mol. The molecule has 16 heteroatoms. The van der Waals surface area contributed by atoms with Crippen LogP contribution in [-0.4, -0.2) is 124 Å². The van der Waals surface area contributed by atoms with Crippen molar-refractivity contribution in [3.63, 3.8) is 0 Å². The van der Waals surface area contributed by atoms with Crippen LogP contribution in [0, 0.1) is 0 Å². The van der Waals surface area contributed by atoms with Crippen LogP contribution >= 0.6 is 31.9 Å². The van der Waals surface area contributed by atoms with Gasteiger partial charge in [-0.05, 0) is 119 Å². The van der Waals surface area contributed by atoms with Crippen molar-refractivity contribution in [3.05, 3.63) is 68.6 Å². The maximum atomic E-state index is 14.0. The fourth-order valence-corrected chi connectivity index (χ4v) is 8.93. The molecule has 0 aromatic heterocycles. The number of urea groups is 2. The highest BCUT2D eigenvalue weighted by molar-refractivity contribution is 9.11. The molecule has 0 spiro atoms. The van der Waals surface area contributed by atoms with Crippen LogP contribution in [0.4, 0.5) is 21.0 Å². The van der Waals surface area contributed by atoms with Crippen LogP contribution in [-0.2, 0) is 27.2 Å². The van der Waals surface area contributed by atoms with E-state index < -0.39 is 18.0 Å². The quantitative estimate of drug-likeness (QED) is 0.176. The van der Waals surface area contributed by atoms with Crippen LogP contribution in [0.3, 0.4) is 0 Å². The SMILES string of the molecule is Nc1c(Br)cc(C[C@@H](NC(=O)N2CCC(N3CCc4ccccc4NC3=O)CC2)C(=O)N2CCC(N3CCCCC3)CC2)cc1Br.O=C(O)/C=C\C(=O)O. The zero-order valence-electron chi connectivity index (χ0n) is 30.2. The molecule has 0 bridgehead atoms. The molecule has 4 heterocycles. The molecule has 3 saturated heterocycles. The second kappa shape index (κ2) is 19.4. The minimum Gasteiger partial charge on any atom is -0.478 e. The van der Waals surface area contributed by atoms with Crippen molar-refractivity contribution in [1.29, 1.82) is 0 Å². The normalized spacial score (nSPS) is 19.2. The topological polar surface area (TPSA) is 189 Å². The average Bonchev–Trinajstić information content (AvgIpc) is 3.34. The summed E-state index contributed by atoms with van der Waals surface area (Å²) in [5.74, 6) is -2.55. The van der Waals surface area contributed by atoms with Gasteiger partial charge in [0.25, 0.3) is 0 Å². The molecule has 2 aromatic carbocycles. The van der Waals surface area contributed by atoms with E-state index in [1.54, 1.807) is 4.90 Å². The van der Waals surface area contributed by atoms with E-state index in [0.29, 0.717) is 75.9 Å². The molecule has 292 valence electrons. The van der Waals surface area contributed by atoms with Crippen molar-refractivity contribution < 1.29 is 34.2 Å². The number of aliphatic carboxylic acids is 2. The number of anilines is 2. The zero-order valence-corrected chi connectivity index (χ0v) is 33.4. The van der Waals surface area contributed by atoms with Gasteiger partial charge >= 0.3 is 24.0 Å². The molecule has 0 radical (unpaired) electrons. The first-order valence-corrected chi connectivity index (χ1v) is 20.1. The van der Waals surface area contributed by atoms with Gasteiger partial charge in [-0.2, -0.15) is 0 Å². The Balaban J connectivity index is 0.000000631. The van der Waals surface area contributed by atoms with Gasteiger partial charge in [0.15, 0.2) is 0 Å². The van der Waals surface area contributed by atoms with E-state index in [1.807, 2.05) is 40.1 Å². The summed E-state index contributed by atoms with van der Waals surface area (Å²) in [7, 11) is 0. The summed E-state index contributed by atoms with van der Waals surface area (Å²) < 4.78 is 1.50. The second-order valence-corrected chi connectivity index (χ2v) is 15.8. The lowest BCUT2D eigenvalue weighted by molar-refractivity contribution is -0.135. The van der Waals surface area contributed by atoms with Gasteiger partial charge in [-0.25, -0.2) is 19.2 Å². The number of amides is 5. The van der Waals surface area contributed by atoms with Crippen LogP contribution in [0.1, 0.15) is 56.1 Å². The number of halogens is 2. The number of likely N-dealkylation sites (tertiary alicyclic amines) is 3. The van der Waals surface area contributed by atoms with E-state index in [0.717, 1.165) is 58.1 Å². The Labute approximate surface area is 332 Å². The van der Waals surface area contributed by atoms with Crippen molar-refractivity contribution in [1.82, 2.24) is 24.9 Å². The van der Waals surface area contributed by atoms with Gasteiger partial charge in [0, 0.05) is 78.0 Å². The van der Waals surface area contributed by atoms with Gasteiger partial charge in [-0.1, -0.05) is 24.6 Å². The number of carbonyl (C=O) groups is 5. The molecule has 4 aliphatic heterocycles. The number of benzene rings is 2. The summed E-state index contributed by atoms with van der Waals surface area (Å²) in [6, 6.07) is 11.4. The van der Waals surface area contributed by atoms with Crippen LogP contribution in [0.2, 0.25) is 0 Å². The standard InChI is InChI=1S/C34H45Br2N7O3.C4H4O4/c35-27-20-23(21-28(36)31(27)37)22-30(32(44)41-15-9-25(10-16-41)40-13-4-1-5-14-40)39-33(45)42-17-11-26(12-18-42)43-19-8-24-6-2-3-7-29(24)38-34(43)46;5-3(6)1-2-4(7)8/h2-3,6-7,20-21,25-26,30H,1,4-5,8-19,22,37H2,(H,38,46)(H,39,45);1-2H,(H,5,6)(H,7,8)/b;2-1-/t30-;/m1./s1. The summed E-state index contributed by atoms with van der Waals surface area (Å²) in [5.41, 5.74) is 9.65. The molecule has 6 rings (SSSR count). The smallest absolute Gasteiger partial charge is 0.328 e. The number of nitrogen functional groups attached to an aromatic ring is 1. The first-order valence-electron chi connectivity index (χ1n) is 18.5. The average molecular weight is 876 g/mol. The van der Waals surface area contributed by atoms with Gasteiger partial charge in [-0.3, -0.25) is 4.79 Å². The number of rotatable bonds is 8. The van der Waals surface area contributed by atoms with Crippen LogP contribution in [0.25, 0.3) is 0 Å². The van der Waals surface area contributed by atoms with E-state index >= 15 is 0 Å². The van der Waals surface area contributed by atoms with E-state index in [1.165, 1.54) is 19.3 Å². The van der Waals surface area contributed by atoms with Crippen molar-refractivity contribution in [2.24, 2.45) is 0 Å². The third-order valence-electron chi connectivity index (χ3n) is 10.6. The maximum absolute atomic E-state index is 14.0. The van der Waals surface area contributed by atoms with Crippen LogP contribution in [0.5, 0.6) is 0 Å². The molecule has 2 aromatic rings. The highest BCUT2D eigenvalue weighted by atomic mass is 79.9. The monoisotopic (exact) mass is 873 g/mol. The molecule has 5 amide bonds. The fraction of sp³-hybridized carbons (Fsp3) is 0.500. The molecular formula is C38H49Br2N7O7. The highest BCUT2D eigenvalue weighted by Crippen LogP contribution is 2.31. The van der Waals surface area contributed by atoms with Gasteiger partial charge in [0.1, 0.15) is 6.04 Å². The Morgan fingerprint density at radius 1 is 0.833 bits per heavy atom. The van der Waals surface area contributed by atoms with Gasteiger partial charge in [0.05, 0.1) is 5.69 Å².